The highest BCUT2D eigenvalue weighted by Gasteiger charge is 2.27. The molecule has 0 aliphatic carbocycles. The van der Waals surface area contributed by atoms with Gasteiger partial charge in [-0.15, -0.1) is 0 Å². The summed E-state index contributed by atoms with van der Waals surface area (Å²) in [6, 6.07) is 17.0. The quantitative estimate of drug-likeness (QED) is 0.562. The van der Waals surface area contributed by atoms with Crippen LogP contribution in [0.3, 0.4) is 0 Å². The number of sulfonamides is 1. The Morgan fingerprint density at radius 3 is 2.27 bits per heavy atom. The maximum atomic E-state index is 13.0. The molecule has 3 rings (SSSR count). The normalized spacial score (nSPS) is 16.0. The van der Waals surface area contributed by atoms with Crippen LogP contribution in [-0.2, 0) is 14.8 Å². The van der Waals surface area contributed by atoms with Crippen LogP contribution < -0.4 is 9.04 Å². The average molecular weight is 472 g/mol. The first-order valence-electron chi connectivity index (χ1n) is 11.2. The molecule has 7 nitrogen and oxygen atoms in total. The van der Waals surface area contributed by atoms with Crippen molar-refractivity contribution in [3.8, 4) is 5.75 Å². The summed E-state index contributed by atoms with van der Waals surface area (Å²) >= 11 is 0. The van der Waals surface area contributed by atoms with Gasteiger partial charge in [-0.05, 0) is 36.2 Å². The number of hydrogen-bond donors (Lipinski definition) is 0. The Morgan fingerprint density at radius 2 is 1.70 bits per heavy atom. The van der Waals surface area contributed by atoms with E-state index < -0.39 is 16.1 Å². The Balaban J connectivity index is 1.50. The van der Waals surface area contributed by atoms with Crippen LogP contribution in [0.4, 0.5) is 5.69 Å². The number of ether oxygens (including phenoxy) is 1. The van der Waals surface area contributed by atoms with Crippen molar-refractivity contribution in [1.29, 1.82) is 0 Å². The van der Waals surface area contributed by atoms with Crippen molar-refractivity contribution in [3.63, 3.8) is 0 Å². The van der Waals surface area contributed by atoms with Crippen LogP contribution in [0.5, 0.6) is 5.75 Å². The summed E-state index contributed by atoms with van der Waals surface area (Å²) in [6.07, 6.45) is 5.44. The van der Waals surface area contributed by atoms with Crippen LogP contribution in [0.25, 0.3) is 6.08 Å². The summed E-state index contributed by atoms with van der Waals surface area (Å²) in [7, 11) is -1.82. The van der Waals surface area contributed by atoms with E-state index in [0.29, 0.717) is 30.9 Å². The van der Waals surface area contributed by atoms with E-state index in [0.717, 1.165) is 25.9 Å². The summed E-state index contributed by atoms with van der Waals surface area (Å²) < 4.78 is 30.5. The molecule has 1 saturated heterocycles. The predicted molar refractivity (Wildman–Crippen MR) is 133 cm³/mol. The van der Waals surface area contributed by atoms with Gasteiger partial charge in [-0.2, -0.15) is 0 Å². The lowest BCUT2D eigenvalue weighted by Gasteiger charge is -2.35. The lowest BCUT2D eigenvalue weighted by atomic mass is 10.2. The van der Waals surface area contributed by atoms with Gasteiger partial charge < -0.3 is 9.64 Å². The number of anilines is 1. The SMILES string of the molecule is CC[C@H](Oc1ccc(N(C)S(C)(=O)=O)cc1)C(=O)N1CCN(C/C=C/c2ccccc2)CC1. The molecule has 33 heavy (non-hydrogen) atoms. The number of carbonyl (C=O) groups is 1. The molecule has 1 aliphatic rings. The number of hydrogen-bond acceptors (Lipinski definition) is 5. The van der Waals surface area contributed by atoms with Gasteiger partial charge in [0.1, 0.15) is 5.75 Å². The van der Waals surface area contributed by atoms with Crippen molar-refractivity contribution in [2.24, 2.45) is 0 Å². The average Bonchev–Trinajstić information content (AvgIpc) is 2.82. The van der Waals surface area contributed by atoms with Gasteiger partial charge in [0, 0.05) is 39.8 Å². The molecule has 8 heteroatoms. The molecule has 0 aromatic heterocycles. The van der Waals surface area contributed by atoms with Crippen LogP contribution in [-0.4, -0.2) is 76.3 Å². The molecule has 178 valence electrons. The fraction of sp³-hybridized carbons (Fsp3) is 0.400. The van der Waals surface area contributed by atoms with E-state index in [1.807, 2.05) is 30.0 Å². The highest BCUT2D eigenvalue weighted by molar-refractivity contribution is 7.92. The standard InChI is InChI=1S/C25H33N3O4S/c1-4-24(32-23-14-12-22(13-15-23)26(2)33(3,30)31)25(29)28-19-17-27(18-20-28)16-8-11-21-9-6-5-7-10-21/h5-15,24H,4,16-20H2,1-3H3/b11-8+/t24-/m0/s1. The number of benzene rings is 2. The summed E-state index contributed by atoms with van der Waals surface area (Å²) in [5, 5.41) is 0. The summed E-state index contributed by atoms with van der Waals surface area (Å²) in [6.45, 7) is 5.80. The number of rotatable bonds is 9. The molecule has 1 aliphatic heterocycles. The van der Waals surface area contributed by atoms with Gasteiger partial charge in [0.05, 0.1) is 11.9 Å². The van der Waals surface area contributed by atoms with Gasteiger partial charge in [0.25, 0.3) is 5.91 Å². The molecule has 1 amide bonds. The lowest BCUT2D eigenvalue weighted by Crippen LogP contribution is -2.52. The number of carbonyl (C=O) groups excluding carboxylic acids is 1. The second-order valence-corrected chi connectivity index (χ2v) is 10.2. The number of piperazine rings is 1. The molecule has 0 unspecified atom stereocenters. The fourth-order valence-corrected chi connectivity index (χ4v) is 4.16. The Kier molecular flexibility index (Phi) is 8.52. The predicted octanol–water partition coefficient (Wildman–Crippen LogP) is 3.10. The first-order chi connectivity index (χ1) is 15.8. The zero-order valence-electron chi connectivity index (χ0n) is 19.6. The van der Waals surface area contributed by atoms with E-state index in [1.54, 1.807) is 24.3 Å². The van der Waals surface area contributed by atoms with Gasteiger partial charge in [-0.1, -0.05) is 49.4 Å². The zero-order chi connectivity index (χ0) is 23.8. The van der Waals surface area contributed by atoms with E-state index in [4.69, 9.17) is 4.74 Å². The van der Waals surface area contributed by atoms with Crippen molar-refractivity contribution < 1.29 is 17.9 Å². The topological polar surface area (TPSA) is 70.2 Å². The van der Waals surface area contributed by atoms with Crippen LogP contribution in [0.2, 0.25) is 0 Å². The van der Waals surface area contributed by atoms with Crippen molar-refractivity contribution >= 4 is 27.7 Å². The molecular formula is C25H33N3O4S. The van der Waals surface area contributed by atoms with E-state index in [2.05, 4.69) is 29.2 Å². The summed E-state index contributed by atoms with van der Waals surface area (Å²) in [5.74, 6) is 0.542. The number of amides is 1. The maximum absolute atomic E-state index is 13.0. The Bertz CT molecular complexity index is 1030. The fourth-order valence-electron chi connectivity index (χ4n) is 3.66. The van der Waals surface area contributed by atoms with E-state index in [1.165, 1.54) is 16.9 Å². The van der Waals surface area contributed by atoms with Crippen molar-refractivity contribution in [1.82, 2.24) is 9.80 Å². The minimum Gasteiger partial charge on any atom is -0.481 e. The second kappa shape index (κ2) is 11.3. The second-order valence-electron chi connectivity index (χ2n) is 8.18. The van der Waals surface area contributed by atoms with Crippen LogP contribution in [0, 0.1) is 0 Å². The van der Waals surface area contributed by atoms with E-state index >= 15 is 0 Å². The molecule has 0 N–H and O–H groups in total. The van der Waals surface area contributed by atoms with Crippen LogP contribution in [0.1, 0.15) is 18.9 Å². The van der Waals surface area contributed by atoms with E-state index in [9.17, 15) is 13.2 Å². The highest BCUT2D eigenvalue weighted by Crippen LogP contribution is 2.22. The Hall–Kier alpha value is -2.84. The third-order valence-corrected chi connectivity index (χ3v) is 6.99. The zero-order valence-corrected chi connectivity index (χ0v) is 20.4. The van der Waals surface area contributed by atoms with Gasteiger partial charge in [0.2, 0.25) is 10.0 Å². The molecule has 0 bridgehead atoms. The molecule has 1 fully saturated rings. The molecule has 1 atom stereocenters. The summed E-state index contributed by atoms with van der Waals surface area (Å²) in [4.78, 5) is 17.2. The third-order valence-electron chi connectivity index (χ3n) is 5.78. The van der Waals surface area contributed by atoms with Gasteiger partial charge in [-0.3, -0.25) is 14.0 Å². The molecule has 2 aromatic carbocycles. The smallest absolute Gasteiger partial charge is 0.263 e. The van der Waals surface area contributed by atoms with E-state index in [-0.39, 0.29) is 5.91 Å². The molecular weight excluding hydrogens is 438 g/mol. The first-order valence-corrected chi connectivity index (χ1v) is 13.1. The molecule has 1 heterocycles. The third kappa shape index (κ3) is 7.07. The highest BCUT2D eigenvalue weighted by atomic mass is 32.2. The van der Waals surface area contributed by atoms with Crippen LogP contribution >= 0.6 is 0 Å². The largest absolute Gasteiger partial charge is 0.481 e. The van der Waals surface area contributed by atoms with Crippen molar-refractivity contribution in [2.45, 2.75) is 19.4 Å². The monoisotopic (exact) mass is 471 g/mol. The molecule has 0 radical (unpaired) electrons. The maximum Gasteiger partial charge on any atom is 0.263 e. The van der Waals surface area contributed by atoms with Gasteiger partial charge in [0.15, 0.2) is 6.10 Å². The molecule has 0 spiro atoms. The van der Waals surface area contributed by atoms with Gasteiger partial charge >= 0.3 is 0 Å². The van der Waals surface area contributed by atoms with Crippen molar-refractivity contribution in [2.75, 3.05) is 50.3 Å². The number of nitrogens with zero attached hydrogens (tertiary/aromatic N) is 3. The Morgan fingerprint density at radius 1 is 1.06 bits per heavy atom. The van der Waals surface area contributed by atoms with Crippen LogP contribution in [0.15, 0.2) is 60.7 Å². The molecule has 0 saturated carbocycles. The Labute approximate surface area is 197 Å². The van der Waals surface area contributed by atoms with Gasteiger partial charge in [-0.25, -0.2) is 8.42 Å². The molecule has 2 aromatic rings. The van der Waals surface area contributed by atoms with Crippen molar-refractivity contribution in [3.05, 3.63) is 66.2 Å². The summed E-state index contributed by atoms with van der Waals surface area (Å²) in [5.41, 5.74) is 1.73. The minimum absolute atomic E-state index is 0.00527. The minimum atomic E-state index is -3.33. The first kappa shape index (κ1) is 24.8. The lowest BCUT2D eigenvalue weighted by molar-refractivity contribution is -0.140.